The van der Waals surface area contributed by atoms with Crippen LogP contribution in [-0.2, 0) is 15.8 Å². The molecule has 2 rings (SSSR count). The van der Waals surface area contributed by atoms with Crippen molar-refractivity contribution in [2.24, 2.45) is 0 Å². The number of hydrogen-bond donors (Lipinski definition) is 1. The molecule has 132 valence electrons. The minimum atomic E-state index is -4.54. The summed E-state index contributed by atoms with van der Waals surface area (Å²) in [6.07, 6.45) is -3.12. The molecule has 1 atom stereocenters. The molecule has 0 saturated carbocycles. The maximum absolute atomic E-state index is 12.9. The Labute approximate surface area is 138 Å². The predicted molar refractivity (Wildman–Crippen MR) is 83.4 cm³/mol. The molecule has 1 heterocycles. The third kappa shape index (κ3) is 4.25. The highest BCUT2D eigenvalue weighted by molar-refractivity contribution is 5.93. The first-order chi connectivity index (χ1) is 11.2. The van der Waals surface area contributed by atoms with Gasteiger partial charge in [-0.1, -0.05) is 12.1 Å². The quantitative estimate of drug-likeness (QED) is 0.912. The molecule has 1 fully saturated rings. The number of benzene rings is 1. The smallest absolute Gasteiger partial charge is 0.347 e. The van der Waals surface area contributed by atoms with Crippen molar-refractivity contribution in [3.05, 3.63) is 29.8 Å². The van der Waals surface area contributed by atoms with E-state index in [0.717, 1.165) is 12.5 Å². The van der Waals surface area contributed by atoms with Gasteiger partial charge in [-0.2, -0.15) is 13.2 Å². The number of halogens is 3. The first kappa shape index (κ1) is 18.3. The van der Waals surface area contributed by atoms with E-state index in [-0.39, 0.29) is 18.1 Å². The summed E-state index contributed by atoms with van der Waals surface area (Å²) in [5.41, 5.74) is -1.16. The fourth-order valence-corrected chi connectivity index (χ4v) is 2.81. The minimum Gasteiger partial charge on any atom is -0.347 e. The summed E-state index contributed by atoms with van der Waals surface area (Å²) in [5, 5.41) is 2.31. The average molecular weight is 343 g/mol. The van der Waals surface area contributed by atoms with Crippen molar-refractivity contribution in [2.75, 3.05) is 32.5 Å². The van der Waals surface area contributed by atoms with E-state index in [1.54, 1.807) is 19.0 Å². The van der Waals surface area contributed by atoms with Gasteiger partial charge >= 0.3 is 6.18 Å². The molecule has 2 amide bonds. The largest absolute Gasteiger partial charge is 0.418 e. The Kier molecular flexibility index (Phi) is 5.48. The van der Waals surface area contributed by atoms with Gasteiger partial charge in [0.15, 0.2) is 0 Å². The summed E-state index contributed by atoms with van der Waals surface area (Å²) in [6, 6.07) is 4.43. The summed E-state index contributed by atoms with van der Waals surface area (Å²) in [7, 11) is 3.27. The van der Waals surface area contributed by atoms with E-state index in [1.807, 2.05) is 0 Å². The van der Waals surface area contributed by atoms with Crippen LogP contribution in [0.1, 0.15) is 18.4 Å². The monoisotopic (exact) mass is 343 g/mol. The zero-order valence-electron chi connectivity index (χ0n) is 13.6. The summed E-state index contributed by atoms with van der Waals surface area (Å²) in [6.45, 7) is 0.453. The van der Waals surface area contributed by atoms with E-state index in [1.165, 1.54) is 23.1 Å². The van der Waals surface area contributed by atoms with Crippen molar-refractivity contribution < 1.29 is 22.8 Å². The van der Waals surface area contributed by atoms with Crippen LogP contribution in [0.5, 0.6) is 0 Å². The lowest BCUT2D eigenvalue weighted by molar-refractivity contribution is -0.137. The highest BCUT2D eigenvalue weighted by atomic mass is 19.4. The maximum Gasteiger partial charge on any atom is 0.418 e. The predicted octanol–water partition coefficient (Wildman–Crippen LogP) is 2.20. The van der Waals surface area contributed by atoms with Crippen LogP contribution in [0.15, 0.2) is 24.3 Å². The van der Waals surface area contributed by atoms with Crippen LogP contribution in [0.2, 0.25) is 0 Å². The molecule has 1 N–H and O–H groups in total. The van der Waals surface area contributed by atoms with Crippen LogP contribution in [0.3, 0.4) is 0 Å². The third-order valence-electron chi connectivity index (χ3n) is 3.94. The zero-order valence-corrected chi connectivity index (χ0v) is 13.6. The second-order valence-electron chi connectivity index (χ2n) is 5.95. The number of carbonyl (C=O) groups is 2. The standard InChI is InChI=1S/C16H20F3N3O2/c1-21(2)15(24)13-8-5-9-22(13)10-14(23)20-12-7-4-3-6-11(12)16(17,18)19/h3-4,6-7,13H,5,8-10H2,1-2H3,(H,20,23). The van der Waals surface area contributed by atoms with Gasteiger partial charge in [0.25, 0.3) is 0 Å². The van der Waals surface area contributed by atoms with Crippen LogP contribution < -0.4 is 5.32 Å². The van der Waals surface area contributed by atoms with Crippen molar-refractivity contribution in [1.82, 2.24) is 9.80 Å². The second kappa shape index (κ2) is 7.21. The summed E-state index contributed by atoms with van der Waals surface area (Å²) in [5.74, 6) is -0.666. The third-order valence-corrected chi connectivity index (χ3v) is 3.94. The first-order valence-electron chi connectivity index (χ1n) is 7.61. The summed E-state index contributed by atoms with van der Waals surface area (Å²) >= 11 is 0. The van der Waals surface area contributed by atoms with Gasteiger partial charge in [-0.15, -0.1) is 0 Å². The maximum atomic E-state index is 12.9. The Bertz CT molecular complexity index is 617. The van der Waals surface area contributed by atoms with E-state index < -0.39 is 23.7 Å². The van der Waals surface area contributed by atoms with Crippen molar-refractivity contribution in [1.29, 1.82) is 0 Å². The molecule has 5 nitrogen and oxygen atoms in total. The van der Waals surface area contributed by atoms with Crippen molar-refractivity contribution in [3.63, 3.8) is 0 Å². The van der Waals surface area contributed by atoms with Crippen molar-refractivity contribution in [3.8, 4) is 0 Å². The number of anilines is 1. The molecule has 1 saturated heterocycles. The van der Waals surface area contributed by atoms with E-state index in [0.29, 0.717) is 13.0 Å². The molecule has 8 heteroatoms. The average Bonchev–Trinajstić information content (AvgIpc) is 2.93. The molecular formula is C16H20F3N3O2. The molecule has 0 aromatic heterocycles. The van der Waals surface area contributed by atoms with E-state index in [9.17, 15) is 22.8 Å². The number of carbonyl (C=O) groups excluding carboxylic acids is 2. The Balaban J connectivity index is 2.05. The number of rotatable bonds is 4. The molecule has 1 aromatic rings. The lowest BCUT2D eigenvalue weighted by Gasteiger charge is -2.25. The number of amides is 2. The molecule has 1 unspecified atom stereocenters. The molecule has 0 spiro atoms. The molecule has 1 aliphatic rings. The van der Waals surface area contributed by atoms with Gasteiger partial charge in [0.05, 0.1) is 23.8 Å². The molecule has 24 heavy (non-hydrogen) atoms. The van der Waals surface area contributed by atoms with Gasteiger partial charge in [-0.05, 0) is 31.5 Å². The SMILES string of the molecule is CN(C)C(=O)C1CCCN1CC(=O)Nc1ccccc1C(F)(F)F. The van der Waals surface area contributed by atoms with Crippen molar-refractivity contribution in [2.45, 2.75) is 25.1 Å². The number of alkyl halides is 3. The number of hydrogen-bond acceptors (Lipinski definition) is 3. The molecule has 0 radical (unpaired) electrons. The topological polar surface area (TPSA) is 52.7 Å². The summed E-state index contributed by atoms with van der Waals surface area (Å²) < 4.78 is 38.8. The van der Waals surface area contributed by atoms with E-state index >= 15 is 0 Å². The first-order valence-corrected chi connectivity index (χ1v) is 7.61. The van der Waals surface area contributed by atoms with E-state index in [4.69, 9.17) is 0 Å². The normalized spacial score (nSPS) is 18.5. The van der Waals surface area contributed by atoms with Gasteiger partial charge in [0.2, 0.25) is 11.8 Å². The van der Waals surface area contributed by atoms with Gasteiger partial charge in [-0.3, -0.25) is 14.5 Å². The van der Waals surface area contributed by atoms with Crippen LogP contribution in [0.4, 0.5) is 18.9 Å². The lowest BCUT2D eigenvalue weighted by Crippen LogP contribution is -2.45. The van der Waals surface area contributed by atoms with Gasteiger partial charge in [-0.25, -0.2) is 0 Å². The minimum absolute atomic E-state index is 0.101. The van der Waals surface area contributed by atoms with Crippen LogP contribution in [-0.4, -0.2) is 54.8 Å². The van der Waals surface area contributed by atoms with Gasteiger partial charge in [0.1, 0.15) is 0 Å². The molecule has 0 aliphatic carbocycles. The van der Waals surface area contributed by atoms with Gasteiger partial charge in [0, 0.05) is 14.1 Å². The Morgan fingerprint density at radius 1 is 1.29 bits per heavy atom. The van der Waals surface area contributed by atoms with Gasteiger partial charge < -0.3 is 10.2 Å². The second-order valence-corrected chi connectivity index (χ2v) is 5.95. The number of para-hydroxylation sites is 1. The number of nitrogens with one attached hydrogen (secondary N) is 1. The van der Waals surface area contributed by atoms with Crippen LogP contribution in [0, 0.1) is 0 Å². The highest BCUT2D eigenvalue weighted by Gasteiger charge is 2.35. The lowest BCUT2D eigenvalue weighted by atomic mass is 10.1. The Morgan fingerprint density at radius 2 is 1.96 bits per heavy atom. The highest BCUT2D eigenvalue weighted by Crippen LogP contribution is 2.34. The van der Waals surface area contributed by atoms with Crippen molar-refractivity contribution >= 4 is 17.5 Å². The number of likely N-dealkylation sites (N-methyl/N-ethyl adjacent to an activating group) is 1. The summed E-state index contributed by atoms with van der Waals surface area (Å²) in [4.78, 5) is 27.4. The Hall–Kier alpha value is -2.09. The fourth-order valence-electron chi connectivity index (χ4n) is 2.81. The molecule has 1 aromatic carbocycles. The molecule has 1 aliphatic heterocycles. The van der Waals surface area contributed by atoms with Crippen LogP contribution >= 0.6 is 0 Å². The van der Waals surface area contributed by atoms with E-state index in [2.05, 4.69) is 5.32 Å². The zero-order chi connectivity index (χ0) is 17.9. The van der Waals surface area contributed by atoms with Crippen LogP contribution in [0.25, 0.3) is 0 Å². The fraction of sp³-hybridized carbons (Fsp3) is 0.500. The Morgan fingerprint density at radius 3 is 2.58 bits per heavy atom. The number of nitrogens with zero attached hydrogens (tertiary/aromatic N) is 2. The molecule has 0 bridgehead atoms. The molecular weight excluding hydrogens is 323 g/mol. The number of likely N-dealkylation sites (tertiary alicyclic amines) is 1.